The van der Waals surface area contributed by atoms with Crippen LogP contribution in [0.25, 0.3) is 6.08 Å². The number of hydrogen-bond donors (Lipinski definition) is 0. The minimum atomic E-state index is 0.758. The summed E-state index contributed by atoms with van der Waals surface area (Å²) in [6.45, 7) is 0. The molecule has 96 valence electrons. The van der Waals surface area contributed by atoms with Gasteiger partial charge in [-0.25, -0.2) is 0 Å². The molecule has 0 amide bonds. The highest BCUT2D eigenvalue weighted by Gasteiger charge is 2.17. The van der Waals surface area contributed by atoms with E-state index in [1.54, 1.807) is 5.57 Å². The molecule has 0 aromatic heterocycles. The number of hydrogen-bond acceptors (Lipinski definition) is 0. The minimum absolute atomic E-state index is 0.758. The van der Waals surface area contributed by atoms with Crippen LogP contribution in [0.3, 0.4) is 0 Å². The molecule has 1 aliphatic rings. The summed E-state index contributed by atoms with van der Waals surface area (Å²) in [6, 6.07) is 21.7. The molecule has 0 nitrogen and oxygen atoms in total. The van der Waals surface area contributed by atoms with E-state index in [2.05, 4.69) is 66.7 Å². The van der Waals surface area contributed by atoms with Crippen molar-refractivity contribution in [3.63, 3.8) is 0 Å². The van der Waals surface area contributed by atoms with E-state index in [1.807, 2.05) is 0 Å². The maximum atomic E-state index is 2.38. The summed E-state index contributed by atoms with van der Waals surface area (Å²) < 4.78 is 0. The molecule has 0 bridgehead atoms. The molecular weight excluding hydrogens is 228 g/mol. The Labute approximate surface area is 115 Å². The van der Waals surface area contributed by atoms with Crippen molar-refractivity contribution in [1.29, 1.82) is 0 Å². The molecule has 0 N–H and O–H groups in total. The third-order valence-electron chi connectivity index (χ3n) is 4.07. The van der Waals surface area contributed by atoms with Crippen LogP contribution in [0.15, 0.2) is 66.2 Å². The van der Waals surface area contributed by atoms with Crippen LogP contribution in [0, 0.1) is 0 Å². The molecule has 0 saturated heterocycles. The Kier molecular flexibility index (Phi) is 3.78. The van der Waals surface area contributed by atoms with E-state index < -0.39 is 0 Å². The van der Waals surface area contributed by atoms with Crippen molar-refractivity contribution in [1.82, 2.24) is 0 Å². The van der Waals surface area contributed by atoms with E-state index in [0.717, 1.165) is 5.92 Å². The zero-order chi connectivity index (χ0) is 12.9. The Bertz CT molecular complexity index is 527. The van der Waals surface area contributed by atoms with E-state index in [-0.39, 0.29) is 0 Å². The second kappa shape index (κ2) is 5.88. The molecule has 0 atom stereocenters. The van der Waals surface area contributed by atoms with Gasteiger partial charge >= 0.3 is 0 Å². The standard InChI is InChI=1S/C19H20/c1-3-7-16(8-4-1)15-17-11-13-19(14-12-17)18-9-5-2-6-10-18/h1-10,15,19H,11-14H2. The molecule has 2 aromatic carbocycles. The zero-order valence-corrected chi connectivity index (χ0v) is 11.3. The zero-order valence-electron chi connectivity index (χ0n) is 11.3. The molecule has 0 spiro atoms. The van der Waals surface area contributed by atoms with Crippen LogP contribution in [-0.2, 0) is 0 Å². The quantitative estimate of drug-likeness (QED) is 0.665. The van der Waals surface area contributed by atoms with Gasteiger partial charge in [0.15, 0.2) is 0 Å². The van der Waals surface area contributed by atoms with Crippen LogP contribution in [0.2, 0.25) is 0 Å². The Morgan fingerprint density at radius 2 is 1.32 bits per heavy atom. The lowest BCUT2D eigenvalue weighted by molar-refractivity contribution is 0.519. The van der Waals surface area contributed by atoms with Crippen molar-refractivity contribution >= 4 is 6.08 Å². The van der Waals surface area contributed by atoms with Crippen molar-refractivity contribution in [2.75, 3.05) is 0 Å². The Morgan fingerprint density at radius 3 is 1.95 bits per heavy atom. The van der Waals surface area contributed by atoms with Crippen molar-refractivity contribution in [3.05, 3.63) is 77.4 Å². The van der Waals surface area contributed by atoms with Crippen LogP contribution in [-0.4, -0.2) is 0 Å². The van der Waals surface area contributed by atoms with E-state index in [4.69, 9.17) is 0 Å². The summed E-state index contributed by atoms with van der Waals surface area (Å²) in [6.07, 6.45) is 7.45. The third kappa shape index (κ3) is 3.14. The van der Waals surface area contributed by atoms with Crippen LogP contribution >= 0.6 is 0 Å². The summed E-state index contributed by atoms with van der Waals surface area (Å²) in [5.41, 5.74) is 4.47. The Morgan fingerprint density at radius 1 is 0.737 bits per heavy atom. The van der Waals surface area contributed by atoms with Gasteiger partial charge < -0.3 is 0 Å². The lowest BCUT2D eigenvalue weighted by Gasteiger charge is -2.24. The third-order valence-corrected chi connectivity index (χ3v) is 4.07. The molecule has 1 saturated carbocycles. The number of benzene rings is 2. The molecule has 1 aliphatic carbocycles. The van der Waals surface area contributed by atoms with Crippen LogP contribution in [0.5, 0.6) is 0 Å². The van der Waals surface area contributed by atoms with Gasteiger partial charge in [-0.2, -0.15) is 0 Å². The summed E-state index contributed by atoms with van der Waals surface area (Å²) in [5.74, 6) is 0.758. The topological polar surface area (TPSA) is 0 Å². The van der Waals surface area contributed by atoms with Crippen molar-refractivity contribution < 1.29 is 0 Å². The molecule has 0 unspecified atom stereocenters. The van der Waals surface area contributed by atoms with Gasteiger partial charge in [-0.3, -0.25) is 0 Å². The Balaban J connectivity index is 1.65. The molecule has 0 aliphatic heterocycles. The van der Waals surface area contributed by atoms with Crippen molar-refractivity contribution in [2.45, 2.75) is 31.6 Å². The van der Waals surface area contributed by atoms with Crippen molar-refractivity contribution in [3.8, 4) is 0 Å². The highest BCUT2D eigenvalue weighted by Crippen LogP contribution is 2.35. The maximum Gasteiger partial charge on any atom is -0.0156 e. The lowest BCUT2D eigenvalue weighted by atomic mass is 9.81. The van der Waals surface area contributed by atoms with Gasteiger partial charge in [-0.05, 0) is 42.7 Å². The maximum absolute atomic E-state index is 2.38. The molecule has 2 aromatic rings. The predicted octanol–water partition coefficient (Wildman–Crippen LogP) is 5.43. The molecule has 19 heavy (non-hydrogen) atoms. The van der Waals surface area contributed by atoms with E-state index in [9.17, 15) is 0 Å². The molecule has 1 fully saturated rings. The molecule has 0 heterocycles. The Hall–Kier alpha value is -1.82. The monoisotopic (exact) mass is 248 g/mol. The molecule has 3 rings (SSSR count). The molecule has 0 heteroatoms. The summed E-state index contributed by atoms with van der Waals surface area (Å²) in [7, 11) is 0. The van der Waals surface area contributed by atoms with Gasteiger partial charge in [-0.15, -0.1) is 0 Å². The van der Waals surface area contributed by atoms with Gasteiger partial charge in [0, 0.05) is 0 Å². The summed E-state index contributed by atoms with van der Waals surface area (Å²) >= 11 is 0. The molecular formula is C19H20. The lowest BCUT2D eigenvalue weighted by Crippen LogP contribution is -2.06. The smallest absolute Gasteiger partial charge is 0.0156 e. The second-order valence-corrected chi connectivity index (χ2v) is 5.40. The first-order valence-corrected chi connectivity index (χ1v) is 7.21. The highest BCUT2D eigenvalue weighted by molar-refractivity contribution is 5.53. The van der Waals surface area contributed by atoms with Gasteiger partial charge in [-0.1, -0.05) is 72.3 Å². The number of rotatable bonds is 2. The summed E-state index contributed by atoms with van der Waals surface area (Å²) in [5, 5.41) is 0. The van der Waals surface area contributed by atoms with Crippen LogP contribution < -0.4 is 0 Å². The summed E-state index contributed by atoms with van der Waals surface area (Å²) in [4.78, 5) is 0. The predicted molar refractivity (Wildman–Crippen MR) is 82.1 cm³/mol. The number of allylic oxidation sites excluding steroid dienone is 1. The van der Waals surface area contributed by atoms with Gasteiger partial charge in [0.05, 0.1) is 0 Å². The first-order chi connectivity index (χ1) is 9.42. The van der Waals surface area contributed by atoms with Gasteiger partial charge in [0.1, 0.15) is 0 Å². The van der Waals surface area contributed by atoms with Crippen LogP contribution in [0.4, 0.5) is 0 Å². The second-order valence-electron chi connectivity index (χ2n) is 5.40. The van der Waals surface area contributed by atoms with E-state index >= 15 is 0 Å². The van der Waals surface area contributed by atoms with Gasteiger partial charge in [0.2, 0.25) is 0 Å². The first kappa shape index (κ1) is 12.2. The van der Waals surface area contributed by atoms with Gasteiger partial charge in [0.25, 0.3) is 0 Å². The first-order valence-electron chi connectivity index (χ1n) is 7.21. The average Bonchev–Trinajstić information content (AvgIpc) is 2.50. The van der Waals surface area contributed by atoms with E-state index in [1.165, 1.54) is 36.8 Å². The fraction of sp³-hybridized carbons (Fsp3) is 0.263. The largest absolute Gasteiger partial charge is 0.0696 e. The fourth-order valence-corrected chi connectivity index (χ4v) is 2.98. The fourth-order valence-electron chi connectivity index (χ4n) is 2.98. The normalized spacial score (nSPS) is 19.2. The SMILES string of the molecule is C(=C1CCC(c2ccccc2)CC1)c1ccccc1. The van der Waals surface area contributed by atoms with Crippen molar-refractivity contribution in [2.24, 2.45) is 0 Å². The van der Waals surface area contributed by atoms with Crippen LogP contribution in [0.1, 0.15) is 42.7 Å². The minimum Gasteiger partial charge on any atom is -0.0696 e. The van der Waals surface area contributed by atoms with E-state index in [0.29, 0.717) is 0 Å². The average molecular weight is 248 g/mol. The highest BCUT2D eigenvalue weighted by atomic mass is 14.2. The molecule has 0 radical (unpaired) electrons.